The largest absolute Gasteiger partial charge is 0.378 e. The topological polar surface area (TPSA) is 36.0 Å². The maximum absolute atomic E-state index is 12.2. The van der Waals surface area contributed by atoms with Crippen molar-refractivity contribution in [2.75, 3.05) is 65.6 Å². The summed E-state index contributed by atoms with van der Waals surface area (Å²) < 4.78 is 5.29. The van der Waals surface area contributed by atoms with Crippen molar-refractivity contribution < 1.29 is 9.53 Å². The Morgan fingerprint density at radius 1 is 0.950 bits per heavy atom. The summed E-state index contributed by atoms with van der Waals surface area (Å²) in [6.07, 6.45) is 3.92. The predicted octanol–water partition coefficient (Wildman–Crippen LogP) is 0.653. The number of ether oxygens (including phenoxy) is 1. The van der Waals surface area contributed by atoms with E-state index in [1.807, 2.05) is 4.90 Å². The van der Waals surface area contributed by atoms with Crippen molar-refractivity contribution in [3.63, 3.8) is 0 Å². The number of piperazine rings is 1. The number of carbonyl (C=O) groups is 1. The van der Waals surface area contributed by atoms with Crippen LogP contribution < -0.4 is 0 Å². The maximum atomic E-state index is 12.2. The predicted molar refractivity (Wildman–Crippen MR) is 79.8 cm³/mol. The van der Waals surface area contributed by atoms with Gasteiger partial charge in [-0.2, -0.15) is 0 Å². The highest BCUT2D eigenvalue weighted by Gasteiger charge is 2.22. The van der Waals surface area contributed by atoms with E-state index in [1.54, 1.807) is 0 Å². The van der Waals surface area contributed by atoms with Crippen molar-refractivity contribution >= 4 is 5.91 Å². The minimum atomic E-state index is 0.271. The Morgan fingerprint density at radius 3 is 2.25 bits per heavy atom. The molecule has 5 heteroatoms. The van der Waals surface area contributed by atoms with Gasteiger partial charge in [-0.05, 0) is 13.0 Å². The van der Waals surface area contributed by atoms with Gasteiger partial charge in [-0.25, -0.2) is 0 Å². The summed E-state index contributed by atoms with van der Waals surface area (Å²) in [6.45, 7) is 11.2. The van der Waals surface area contributed by atoms with Crippen LogP contribution in [0.5, 0.6) is 0 Å². The summed E-state index contributed by atoms with van der Waals surface area (Å²) in [6, 6.07) is 0. The summed E-state index contributed by atoms with van der Waals surface area (Å²) >= 11 is 0. The number of carbonyl (C=O) groups excluding carboxylic acids is 1. The van der Waals surface area contributed by atoms with E-state index >= 15 is 0 Å². The van der Waals surface area contributed by atoms with Crippen molar-refractivity contribution in [2.24, 2.45) is 0 Å². The standard InChI is InChI=1S/C15H29N3O2/c1-2-3-4-5-16-6-8-17(9-7-16)14-15(19)18-10-12-20-13-11-18/h2-14H2,1H3. The highest BCUT2D eigenvalue weighted by molar-refractivity contribution is 5.78. The van der Waals surface area contributed by atoms with E-state index in [-0.39, 0.29) is 5.91 Å². The molecule has 2 aliphatic rings. The lowest BCUT2D eigenvalue weighted by atomic mass is 10.2. The highest BCUT2D eigenvalue weighted by atomic mass is 16.5. The van der Waals surface area contributed by atoms with Crippen LogP contribution >= 0.6 is 0 Å². The van der Waals surface area contributed by atoms with Gasteiger partial charge in [-0.3, -0.25) is 9.69 Å². The second-order valence-electron chi connectivity index (χ2n) is 5.82. The van der Waals surface area contributed by atoms with Crippen LogP contribution in [-0.2, 0) is 9.53 Å². The number of hydrogen-bond donors (Lipinski definition) is 0. The molecule has 0 N–H and O–H groups in total. The molecule has 0 saturated carbocycles. The summed E-state index contributed by atoms with van der Waals surface area (Å²) in [5.74, 6) is 0.271. The van der Waals surface area contributed by atoms with Crippen LogP contribution in [0.1, 0.15) is 26.2 Å². The van der Waals surface area contributed by atoms with E-state index in [2.05, 4.69) is 16.7 Å². The van der Waals surface area contributed by atoms with Gasteiger partial charge in [0.25, 0.3) is 0 Å². The zero-order chi connectivity index (χ0) is 14.2. The highest BCUT2D eigenvalue weighted by Crippen LogP contribution is 2.06. The summed E-state index contributed by atoms with van der Waals surface area (Å²) in [5, 5.41) is 0. The number of morpholine rings is 1. The van der Waals surface area contributed by atoms with Crippen molar-refractivity contribution in [3.05, 3.63) is 0 Å². The molecular weight excluding hydrogens is 254 g/mol. The Bertz CT molecular complexity index is 285. The molecule has 0 aliphatic carbocycles. The Hall–Kier alpha value is -0.650. The molecule has 0 radical (unpaired) electrons. The molecule has 20 heavy (non-hydrogen) atoms. The van der Waals surface area contributed by atoms with Gasteiger partial charge >= 0.3 is 0 Å². The van der Waals surface area contributed by atoms with E-state index in [4.69, 9.17) is 4.74 Å². The molecule has 1 amide bonds. The van der Waals surface area contributed by atoms with Crippen molar-refractivity contribution in [1.29, 1.82) is 0 Å². The summed E-state index contributed by atoms with van der Waals surface area (Å²) in [5.41, 5.74) is 0. The third-order valence-corrected chi connectivity index (χ3v) is 4.27. The van der Waals surface area contributed by atoms with Crippen molar-refractivity contribution in [1.82, 2.24) is 14.7 Å². The molecule has 116 valence electrons. The first-order valence-electron chi connectivity index (χ1n) is 8.10. The van der Waals surface area contributed by atoms with E-state index in [1.165, 1.54) is 25.8 Å². The number of unbranched alkanes of at least 4 members (excludes halogenated alkanes) is 2. The van der Waals surface area contributed by atoms with Gasteiger partial charge < -0.3 is 14.5 Å². The lowest BCUT2D eigenvalue weighted by molar-refractivity contribution is -0.136. The molecule has 0 aromatic carbocycles. The molecule has 0 aromatic rings. The molecule has 2 heterocycles. The van der Waals surface area contributed by atoms with Crippen LogP contribution in [0.15, 0.2) is 0 Å². The zero-order valence-corrected chi connectivity index (χ0v) is 12.9. The number of nitrogens with zero attached hydrogens (tertiary/aromatic N) is 3. The fourth-order valence-electron chi connectivity index (χ4n) is 2.86. The molecule has 0 spiro atoms. The van der Waals surface area contributed by atoms with Gasteiger partial charge in [0, 0.05) is 39.3 Å². The van der Waals surface area contributed by atoms with Crippen LogP contribution in [0.25, 0.3) is 0 Å². The number of rotatable bonds is 6. The van der Waals surface area contributed by atoms with Crippen LogP contribution in [-0.4, -0.2) is 86.2 Å². The fourth-order valence-corrected chi connectivity index (χ4v) is 2.86. The molecule has 0 unspecified atom stereocenters. The molecule has 5 nitrogen and oxygen atoms in total. The Kier molecular flexibility index (Phi) is 6.76. The SMILES string of the molecule is CCCCCN1CCN(CC(=O)N2CCOCC2)CC1. The van der Waals surface area contributed by atoms with Gasteiger partial charge in [0.05, 0.1) is 19.8 Å². The molecule has 2 fully saturated rings. The third-order valence-electron chi connectivity index (χ3n) is 4.27. The molecular formula is C15H29N3O2. The van der Waals surface area contributed by atoms with Crippen molar-refractivity contribution in [3.8, 4) is 0 Å². The molecule has 0 bridgehead atoms. The zero-order valence-electron chi connectivity index (χ0n) is 12.9. The van der Waals surface area contributed by atoms with Gasteiger partial charge in [0.1, 0.15) is 0 Å². The minimum Gasteiger partial charge on any atom is -0.378 e. The summed E-state index contributed by atoms with van der Waals surface area (Å²) in [7, 11) is 0. The van der Waals surface area contributed by atoms with Crippen LogP contribution in [0.3, 0.4) is 0 Å². The van der Waals surface area contributed by atoms with E-state index < -0.39 is 0 Å². The molecule has 2 aliphatic heterocycles. The minimum absolute atomic E-state index is 0.271. The fraction of sp³-hybridized carbons (Fsp3) is 0.933. The first-order chi connectivity index (χ1) is 9.79. The van der Waals surface area contributed by atoms with Crippen LogP contribution in [0.2, 0.25) is 0 Å². The average molecular weight is 283 g/mol. The van der Waals surface area contributed by atoms with Crippen molar-refractivity contribution in [2.45, 2.75) is 26.2 Å². The Balaban J connectivity index is 1.62. The lowest BCUT2D eigenvalue weighted by Gasteiger charge is -2.36. The number of amides is 1. The van der Waals surface area contributed by atoms with E-state index in [0.29, 0.717) is 19.8 Å². The summed E-state index contributed by atoms with van der Waals surface area (Å²) in [4.78, 5) is 18.9. The second-order valence-corrected chi connectivity index (χ2v) is 5.82. The Labute approximate surface area is 122 Å². The third kappa shape index (κ3) is 5.04. The molecule has 0 aromatic heterocycles. The van der Waals surface area contributed by atoms with Crippen LogP contribution in [0.4, 0.5) is 0 Å². The van der Waals surface area contributed by atoms with Gasteiger partial charge in [0.2, 0.25) is 5.91 Å². The quantitative estimate of drug-likeness (QED) is 0.671. The van der Waals surface area contributed by atoms with Crippen LogP contribution in [0, 0.1) is 0 Å². The lowest BCUT2D eigenvalue weighted by Crippen LogP contribution is -2.51. The first-order valence-corrected chi connectivity index (χ1v) is 8.10. The number of hydrogen-bond acceptors (Lipinski definition) is 4. The second kappa shape index (κ2) is 8.60. The molecule has 2 rings (SSSR count). The van der Waals surface area contributed by atoms with Gasteiger partial charge in [-0.15, -0.1) is 0 Å². The Morgan fingerprint density at radius 2 is 1.60 bits per heavy atom. The first kappa shape index (κ1) is 15.7. The normalized spacial score (nSPS) is 22.1. The average Bonchev–Trinajstić information content (AvgIpc) is 2.50. The molecule has 2 saturated heterocycles. The monoisotopic (exact) mass is 283 g/mol. The molecule has 0 atom stereocenters. The van der Waals surface area contributed by atoms with E-state index in [0.717, 1.165) is 39.3 Å². The van der Waals surface area contributed by atoms with Gasteiger partial charge in [0.15, 0.2) is 0 Å². The maximum Gasteiger partial charge on any atom is 0.236 e. The van der Waals surface area contributed by atoms with Gasteiger partial charge in [-0.1, -0.05) is 19.8 Å². The smallest absolute Gasteiger partial charge is 0.236 e. The van der Waals surface area contributed by atoms with E-state index in [9.17, 15) is 4.79 Å².